The molecular weight excluding hydrogens is 356 g/mol. The summed E-state index contributed by atoms with van der Waals surface area (Å²) >= 11 is 1.38. The van der Waals surface area contributed by atoms with Crippen molar-refractivity contribution in [3.05, 3.63) is 51.7 Å². The zero-order valence-corrected chi connectivity index (χ0v) is 16.3. The lowest BCUT2D eigenvalue weighted by Gasteiger charge is -2.18. The number of amides is 2. The fraction of sp³-hybridized carbons (Fsp3) is 0.389. The highest BCUT2D eigenvalue weighted by Crippen LogP contribution is 2.32. The third kappa shape index (κ3) is 4.83. The number of hydrogen-bond acceptors (Lipinski definition) is 4. The number of carbonyl (C=O) groups excluding carboxylic acids is 1. The van der Waals surface area contributed by atoms with Crippen LogP contribution in [0.4, 0.5) is 4.79 Å². The summed E-state index contributed by atoms with van der Waals surface area (Å²) in [6.07, 6.45) is 0.822. The monoisotopic (exact) mass is 380 g/mol. The summed E-state index contributed by atoms with van der Waals surface area (Å²) in [5.74, 6) is 0. The van der Waals surface area contributed by atoms with Crippen LogP contribution in [-0.4, -0.2) is 27.5 Å². The average Bonchev–Trinajstić information content (AvgIpc) is 3.09. The number of sulfone groups is 1. The van der Waals surface area contributed by atoms with Gasteiger partial charge in [0.15, 0.2) is 9.84 Å². The molecule has 2 amide bonds. The van der Waals surface area contributed by atoms with Crippen LogP contribution in [0.2, 0.25) is 0 Å². The lowest BCUT2D eigenvalue weighted by Crippen LogP contribution is -2.39. The van der Waals surface area contributed by atoms with Crippen molar-refractivity contribution in [1.29, 1.82) is 0 Å². The molecule has 0 aliphatic carbocycles. The number of nitrogens with one attached hydrogen (secondary N) is 2. The molecule has 0 saturated carbocycles. The van der Waals surface area contributed by atoms with E-state index in [2.05, 4.69) is 10.6 Å². The van der Waals surface area contributed by atoms with Gasteiger partial charge in [-0.3, -0.25) is 0 Å². The van der Waals surface area contributed by atoms with Gasteiger partial charge in [0.2, 0.25) is 0 Å². The van der Waals surface area contributed by atoms with Gasteiger partial charge in [-0.1, -0.05) is 19.1 Å². The quantitative estimate of drug-likeness (QED) is 0.771. The lowest BCUT2D eigenvalue weighted by molar-refractivity contribution is 0.241. The van der Waals surface area contributed by atoms with Crippen molar-refractivity contribution in [3.8, 4) is 0 Å². The summed E-state index contributed by atoms with van der Waals surface area (Å²) in [5.41, 5.74) is 1.98. The van der Waals surface area contributed by atoms with E-state index in [9.17, 15) is 13.2 Å². The first-order valence-corrected chi connectivity index (χ1v) is 10.6. The van der Waals surface area contributed by atoms with Gasteiger partial charge < -0.3 is 10.6 Å². The van der Waals surface area contributed by atoms with E-state index in [1.54, 1.807) is 18.2 Å². The number of rotatable bonds is 7. The van der Waals surface area contributed by atoms with Crippen LogP contribution in [-0.2, 0) is 9.84 Å². The third-order valence-electron chi connectivity index (χ3n) is 4.03. The zero-order valence-electron chi connectivity index (χ0n) is 14.7. The maximum absolute atomic E-state index is 13.2. The maximum Gasteiger partial charge on any atom is 0.314 e. The molecule has 1 atom stereocenters. The molecule has 0 unspecified atom stereocenters. The Balaban J connectivity index is 2.28. The van der Waals surface area contributed by atoms with E-state index in [1.807, 2.05) is 38.3 Å². The van der Waals surface area contributed by atoms with Crippen molar-refractivity contribution in [2.45, 2.75) is 37.3 Å². The van der Waals surface area contributed by atoms with Crippen LogP contribution in [0.3, 0.4) is 0 Å². The molecule has 1 aromatic heterocycles. The summed E-state index contributed by atoms with van der Waals surface area (Å²) in [7, 11) is -3.61. The molecule has 2 rings (SSSR count). The zero-order chi connectivity index (χ0) is 18.4. The Morgan fingerprint density at radius 3 is 2.52 bits per heavy atom. The molecule has 5 nitrogen and oxygen atoms in total. The van der Waals surface area contributed by atoms with Gasteiger partial charge in [-0.15, -0.1) is 11.3 Å². The van der Waals surface area contributed by atoms with Crippen molar-refractivity contribution in [1.82, 2.24) is 10.6 Å². The highest BCUT2D eigenvalue weighted by atomic mass is 32.2. The summed E-state index contributed by atoms with van der Waals surface area (Å²) in [4.78, 5) is 12.8. The van der Waals surface area contributed by atoms with Crippen LogP contribution in [0.1, 0.15) is 34.6 Å². The van der Waals surface area contributed by atoms with Crippen LogP contribution in [0.25, 0.3) is 0 Å². The predicted octanol–water partition coefficient (Wildman–Crippen LogP) is 3.59. The second-order valence-corrected chi connectivity index (χ2v) is 9.04. The standard InChI is InChI=1S/C18H24N2O3S2/c1-4-9-19-18(21)20-12-17(16-6-5-10-24-16)25(22,23)15-8-7-13(2)14(3)11-15/h5-8,10-11,17H,4,9,12H2,1-3H3,(H2,19,20,21)/t17-/m1/s1. The Bertz CT molecular complexity index is 815. The van der Waals surface area contributed by atoms with Crippen LogP contribution < -0.4 is 10.6 Å². The van der Waals surface area contributed by atoms with Gasteiger partial charge in [-0.2, -0.15) is 0 Å². The number of carbonyl (C=O) groups is 1. The molecule has 0 saturated heterocycles. The number of aryl methyl sites for hydroxylation is 2. The molecule has 2 aromatic rings. The van der Waals surface area contributed by atoms with Crippen molar-refractivity contribution in [3.63, 3.8) is 0 Å². The van der Waals surface area contributed by atoms with E-state index in [1.165, 1.54) is 11.3 Å². The second kappa shape index (κ2) is 8.49. The first-order valence-electron chi connectivity index (χ1n) is 8.22. The lowest BCUT2D eigenvalue weighted by atomic mass is 10.1. The van der Waals surface area contributed by atoms with Crippen LogP contribution in [0.15, 0.2) is 40.6 Å². The number of hydrogen-bond donors (Lipinski definition) is 2. The van der Waals surface area contributed by atoms with Gasteiger partial charge in [0.1, 0.15) is 5.25 Å². The van der Waals surface area contributed by atoms with E-state index >= 15 is 0 Å². The number of benzene rings is 1. The Hall–Kier alpha value is -1.86. The maximum atomic E-state index is 13.2. The van der Waals surface area contributed by atoms with Crippen LogP contribution >= 0.6 is 11.3 Å². The van der Waals surface area contributed by atoms with Crippen LogP contribution in [0, 0.1) is 13.8 Å². The predicted molar refractivity (Wildman–Crippen MR) is 102 cm³/mol. The normalized spacial score (nSPS) is 12.6. The molecule has 0 spiro atoms. The second-order valence-electron chi connectivity index (χ2n) is 5.93. The van der Waals surface area contributed by atoms with Crippen molar-refractivity contribution in [2.24, 2.45) is 0 Å². The molecule has 2 N–H and O–H groups in total. The fourth-order valence-electron chi connectivity index (χ4n) is 2.38. The Morgan fingerprint density at radius 1 is 1.16 bits per heavy atom. The summed E-state index contributed by atoms with van der Waals surface area (Å²) in [6.45, 7) is 6.39. The Kier molecular flexibility index (Phi) is 6.61. The van der Waals surface area contributed by atoms with Gasteiger partial charge in [0.05, 0.1) is 4.90 Å². The largest absolute Gasteiger partial charge is 0.338 e. The first-order chi connectivity index (χ1) is 11.9. The molecule has 25 heavy (non-hydrogen) atoms. The minimum absolute atomic E-state index is 0.0331. The van der Waals surface area contributed by atoms with Gasteiger partial charge in [-0.05, 0) is 55.0 Å². The fourth-order valence-corrected chi connectivity index (χ4v) is 5.25. The van der Waals surface area contributed by atoms with Gasteiger partial charge in [0, 0.05) is 18.0 Å². The van der Waals surface area contributed by atoms with E-state index in [0.717, 1.165) is 17.5 Å². The van der Waals surface area contributed by atoms with Crippen molar-refractivity contribution < 1.29 is 13.2 Å². The molecule has 0 aliphatic heterocycles. The Morgan fingerprint density at radius 2 is 1.92 bits per heavy atom. The first kappa shape index (κ1) is 19.5. The molecule has 7 heteroatoms. The minimum Gasteiger partial charge on any atom is -0.338 e. The summed E-state index contributed by atoms with van der Waals surface area (Å²) in [5, 5.41) is 6.42. The SMILES string of the molecule is CCCNC(=O)NC[C@H](c1cccs1)S(=O)(=O)c1ccc(C)c(C)c1. The van der Waals surface area contributed by atoms with Crippen LogP contribution in [0.5, 0.6) is 0 Å². The third-order valence-corrected chi connectivity index (χ3v) is 7.24. The van der Waals surface area contributed by atoms with E-state index < -0.39 is 15.1 Å². The topological polar surface area (TPSA) is 75.3 Å². The van der Waals surface area contributed by atoms with E-state index in [0.29, 0.717) is 11.4 Å². The smallest absolute Gasteiger partial charge is 0.314 e. The molecule has 1 heterocycles. The molecule has 1 aromatic carbocycles. The molecule has 0 bridgehead atoms. The van der Waals surface area contributed by atoms with Gasteiger partial charge in [-0.25, -0.2) is 13.2 Å². The summed E-state index contributed by atoms with van der Waals surface area (Å²) in [6, 6.07) is 8.41. The minimum atomic E-state index is -3.61. The van der Waals surface area contributed by atoms with Gasteiger partial charge in [0.25, 0.3) is 0 Å². The highest BCUT2D eigenvalue weighted by molar-refractivity contribution is 7.91. The molecule has 0 radical (unpaired) electrons. The average molecular weight is 381 g/mol. The van der Waals surface area contributed by atoms with Crippen molar-refractivity contribution >= 4 is 27.2 Å². The van der Waals surface area contributed by atoms with E-state index in [-0.39, 0.29) is 17.5 Å². The molecule has 136 valence electrons. The molecular formula is C18H24N2O3S2. The van der Waals surface area contributed by atoms with Gasteiger partial charge >= 0.3 is 6.03 Å². The molecule has 0 fully saturated rings. The Labute approximate surface area is 153 Å². The molecule has 0 aliphatic rings. The summed E-state index contributed by atoms with van der Waals surface area (Å²) < 4.78 is 26.3. The van der Waals surface area contributed by atoms with E-state index in [4.69, 9.17) is 0 Å². The number of urea groups is 1. The van der Waals surface area contributed by atoms with Crippen molar-refractivity contribution in [2.75, 3.05) is 13.1 Å². The number of thiophene rings is 1. The highest BCUT2D eigenvalue weighted by Gasteiger charge is 2.30.